The van der Waals surface area contributed by atoms with Crippen molar-refractivity contribution in [3.05, 3.63) is 18.0 Å². The molecule has 0 aromatic carbocycles. The molecule has 1 aromatic heterocycles. The molecule has 1 aromatic rings. The molecule has 2 atom stereocenters. The lowest BCUT2D eigenvalue weighted by Crippen LogP contribution is -2.43. The molecule has 2 unspecified atom stereocenters. The summed E-state index contributed by atoms with van der Waals surface area (Å²) in [6.45, 7) is 5.92. The van der Waals surface area contributed by atoms with Crippen molar-refractivity contribution in [2.45, 2.75) is 44.9 Å². The molecule has 5 heteroatoms. The monoisotopic (exact) mass is 262 g/mol. The Hall–Kier alpha value is -1.20. The van der Waals surface area contributed by atoms with Crippen LogP contribution in [0.15, 0.2) is 12.4 Å². The highest BCUT2D eigenvalue weighted by molar-refractivity contribution is 5.32. The predicted octanol–water partition coefficient (Wildman–Crippen LogP) is 1.34. The number of nitrogens with one attached hydrogen (secondary N) is 1. The van der Waals surface area contributed by atoms with Crippen molar-refractivity contribution in [2.75, 3.05) is 24.5 Å². The van der Waals surface area contributed by atoms with Crippen molar-refractivity contribution in [1.29, 1.82) is 0 Å². The van der Waals surface area contributed by atoms with Gasteiger partial charge in [-0.2, -0.15) is 0 Å². The van der Waals surface area contributed by atoms with Crippen LogP contribution in [0, 0.1) is 0 Å². The van der Waals surface area contributed by atoms with E-state index >= 15 is 0 Å². The lowest BCUT2D eigenvalue weighted by molar-refractivity contribution is 0.0299. The van der Waals surface area contributed by atoms with E-state index in [-0.39, 0.29) is 0 Å². The Kier molecular flexibility index (Phi) is 3.94. The van der Waals surface area contributed by atoms with E-state index < -0.39 is 0 Å². The third-order valence-corrected chi connectivity index (χ3v) is 3.77. The first kappa shape index (κ1) is 12.8. The average molecular weight is 262 g/mol. The zero-order chi connectivity index (χ0) is 13.1. The summed E-state index contributed by atoms with van der Waals surface area (Å²) in [4.78, 5) is 11.3. The molecule has 19 heavy (non-hydrogen) atoms. The van der Waals surface area contributed by atoms with Crippen LogP contribution >= 0.6 is 0 Å². The van der Waals surface area contributed by atoms with Gasteiger partial charge in [0.2, 0.25) is 5.95 Å². The Bertz CT molecular complexity index is 396. The molecule has 2 aliphatic heterocycles. The zero-order valence-corrected chi connectivity index (χ0v) is 11.5. The van der Waals surface area contributed by atoms with Crippen molar-refractivity contribution in [2.24, 2.45) is 0 Å². The number of hydrogen-bond donors (Lipinski definition) is 1. The van der Waals surface area contributed by atoms with Gasteiger partial charge >= 0.3 is 0 Å². The number of morpholine rings is 1. The molecule has 0 radical (unpaired) electrons. The summed E-state index contributed by atoms with van der Waals surface area (Å²) in [6, 6.07) is 0. The van der Waals surface area contributed by atoms with E-state index in [1.807, 2.05) is 12.4 Å². The summed E-state index contributed by atoms with van der Waals surface area (Å²) in [6.07, 6.45) is 8.14. The summed E-state index contributed by atoms with van der Waals surface area (Å²) < 4.78 is 5.83. The van der Waals surface area contributed by atoms with Gasteiger partial charge in [-0.05, 0) is 25.8 Å². The summed E-state index contributed by atoms with van der Waals surface area (Å²) >= 11 is 0. The van der Waals surface area contributed by atoms with Gasteiger partial charge in [0.15, 0.2) is 0 Å². The second kappa shape index (κ2) is 5.84. The Morgan fingerprint density at radius 3 is 2.58 bits per heavy atom. The van der Waals surface area contributed by atoms with Crippen molar-refractivity contribution in [3.63, 3.8) is 0 Å². The van der Waals surface area contributed by atoms with Gasteiger partial charge in [0, 0.05) is 37.6 Å². The molecule has 2 saturated heterocycles. The summed E-state index contributed by atoms with van der Waals surface area (Å²) in [5.74, 6) is 0.847. The van der Waals surface area contributed by atoms with Crippen LogP contribution in [0.3, 0.4) is 0 Å². The predicted molar refractivity (Wildman–Crippen MR) is 74.1 cm³/mol. The minimum Gasteiger partial charge on any atom is -0.371 e. The first-order valence-corrected chi connectivity index (χ1v) is 7.27. The van der Waals surface area contributed by atoms with Crippen molar-refractivity contribution in [1.82, 2.24) is 15.3 Å². The number of aromatic nitrogens is 2. The quantitative estimate of drug-likeness (QED) is 0.812. The lowest BCUT2D eigenvalue weighted by atomic mass is 10.2. The number of hydrogen-bond acceptors (Lipinski definition) is 5. The van der Waals surface area contributed by atoms with Gasteiger partial charge in [-0.25, -0.2) is 9.97 Å². The highest BCUT2D eigenvalue weighted by Gasteiger charge is 2.34. The van der Waals surface area contributed by atoms with E-state index in [9.17, 15) is 0 Å². The molecular weight excluding hydrogens is 240 g/mol. The molecule has 0 aliphatic carbocycles. The maximum atomic E-state index is 5.83. The summed E-state index contributed by atoms with van der Waals surface area (Å²) in [7, 11) is 0. The fourth-order valence-corrected chi connectivity index (χ4v) is 2.79. The number of ether oxygens (including phenoxy) is 1. The first-order chi connectivity index (χ1) is 9.35. The largest absolute Gasteiger partial charge is 0.371 e. The van der Waals surface area contributed by atoms with Gasteiger partial charge in [0.05, 0.1) is 12.2 Å². The molecule has 0 saturated carbocycles. The Balaban J connectivity index is 1.59. The van der Waals surface area contributed by atoms with E-state index in [0.717, 1.165) is 44.1 Å². The molecule has 3 rings (SSSR count). The smallest absolute Gasteiger partial charge is 0.225 e. The van der Waals surface area contributed by atoms with Crippen LogP contribution in [-0.4, -0.2) is 41.8 Å². The average Bonchev–Trinajstić information content (AvgIpc) is 2.78. The number of nitrogens with zero attached hydrogens (tertiary/aromatic N) is 3. The molecular formula is C14H22N4O. The number of rotatable bonds is 5. The van der Waals surface area contributed by atoms with Crippen molar-refractivity contribution >= 4 is 5.95 Å². The van der Waals surface area contributed by atoms with Gasteiger partial charge < -0.3 is 15.0 Å². The van der Waals surface area contributed by atoms with E-state index in [1.54, 1.807) is 0 Å². The lowest BCUT2D eigenvalue weighted by Gasteiger charge is -2.32. The first-order valence-electron chi connectivity index (χ1n) is 7.27. The van der Waals surface area contributed by atoms with E-state index in [1.165, 1.54) is 12.8 Å². The van der Waals surface area contributed by atoms with E-state index in [2.05, 4.69) is 27.1 Å². The Labute approximate surface area is 114 Å². The summed E-state index contributed by atoms with van der Waals surface area (Å²) in [5, 5.41) is 3.36. The number of anilines is 1. The molecule has 2 bridgehead atoms. The minimum atomic E-state index is 0.383. The molecule has 5 nitrogen and oxygen atoms in total. The standard InChI is InChI=1S/C14H22N4O/c1-2-5-15-6-11-7-16-14(17-8-11)18-9-12-3-4-13(10-18)19-12/h7-8,12-13,15H,2-6,9-10H2,1H3. The third-order valence-electron chi connectivity index (χ3n) is 3.77. The highest BCUT2D eigenvalue weighted by atomic mass is 16.5. The molecule has 3 heterocycles. The van der Waals surface area contributed by atoms with Gasteiger partial charge in [-0.1, -0.05) is 6.92 Å². The maximum absolute atomic E-state index is 5.83. The number of fused-ring (bicyclic) bond motifs is 2. The van der Waals surface area contributed by atoms with Crippen LogP contribution in [0.5, 0.6) is 0 Å². The molecule has 0 amide bonds. The molecule has 104 valence electrons. The van der Waals surface area contributed by atoms with Gasteiger partial charge in [-0.3, -0.25) is 0 Å². The normalized spacial score (nSPS) is 25.8. The Morgan fingerprint density at radius 2 is 1.95 bits per heavy atom. The van der Waals surface area contributed by atoms with E-state index in [0.29, 0.717) is 12.2 Å². The van der Waals surface area contributed by atoms with Crippen LogP contribution in [0.1, 0.15) is 31.7 Å². The van der Waals surface area contributed by atoms with Crippen LogP contribution in [0.25, 0.3) is 0 Å². The second-order valence-electron chi connectivity index (χ2n) is 5.43. The second-order valence-corrected chi connectivity index (χ2v) is 5.43. The van der Waals surface area contributed by atoms with Crippen molar-refractivity contribution in [3.8, 4) is 0 Å². The van der Waals surface area contributed by atoms with Gasteiger partial charge in [0.25, 0.3) is 0 Å². The zero-order valence-electron chi connectivity index (χ0n) is 11.5. The van der Waals surface area contributed by atoms with Crippen LogP contribution in [0.4, 0.5) is 5.95 Å². The van der Waals surface area contributed by atoms with Crippen LogP contribution in [-0.2, 0) is 11.3 Å². The molecule has 1 N–H and O–H groups in total. The minimum absolute atomic E-state index is 0.383. The van der Waals surface area contributed by atoms with Crippen LogP contribution < -0.4 is 10.2 Å². The molecule has 0 spiro atoms. The van der Waals surface area contributed by atoms with Crippen molar-refractivity contribution < 1.29 is 4.74 Å². The van der Waals surface area contributed by atoms with Gasteiger partial charge in [-0.15, -0.1) is 0 Å². The summed E-state index contributed by atoms with van der Waals surface area (Å²) in [5.41, 5.74) is 1.15. The van der Waals surface area contributed by atoms with E-state index in [4.69, 9.17) is 4.74 Å². The fraction of sp³-hybridized carbons (Fsp3) is 0.714. The molecule has 2 fully saturated rings. The van der Waals surface area contributed by atoms with Gasteiger partial charge in [0.1, 0.15) is 0 Å². The molecule has 2 aliphatic rings. The highest BCUT2D eigenvalue weighted by Crippen LogP contribution is 2.27. The maximum Gasteiger partial charge on any atom is 0.225 e. The topological polar surface area (TPSA) is 50.3 Å². The SMILES string of the molecule is CCCNCc1cnc(N2CC3CCC(C2)O3)nc1. The Morgan fingerprint density at radius 1 is 1.26 bits per heavy atom. The third kappa shape index (κ3) is 3.04. The van der Waals surface area contributed by atoms with Crippen LogP contribution in [0.2, 0.25) is 0 Å². The fourth-order valence-electron chi connectivity index (χ4n) is 2.79.